The van der Waals surface area contributed by atoms with Crippen LogP contribution in [0.5, 0.6) is 0 Å². The minimum absolute atomic E-state index is 0.0237. The molecule has 66 valence electrons. The van der Waals surface area contributed by atoms with Crippen LogP contribution in [0.25, 0.3) is 0 Å². The van der Waals surface area contributed by atoms with Gasteiger partial charge < -0.3 is 9.21 Å². The molecule has 0 amide bonds. The van der Waals surface area contributed by atoms with Crippen molar-refractivity contribution in [1.82, 2.24) is 0 Å². The lowest BCUT2D eigenvalue weighted by Gasteiger charge is -2.10. The third kappa shape index (κ3) is 1.76. The van der Waals surface area contributed by atoms with Crippen molar-refractivity contribution in [3.8, 4) is 0 Å². The smallest absolute Gasteiger partial charge is 0.123 e. The monoisotopic (exact) mass is 166 g/mol. The van der Waals surface area contributed by atoms with Crippen LogP contribution in [0.15, 0.2) is 16.5 Å². The SMILES string of the molecule is Cc1ccc(C(C)C(C)C=O)o1. The molecule has 2 nitrogen and oxygen atoms in total. The second kappa shape index (κ2) is 3.57. The maximum absolute atomic E-state index is 10.5. The van der Waals surface area contributed by atoms with Crippen LogP contribution in [-0.4, -0.2) is 6.29 Å². The molecule has 1 aromatic heterocycles. The first-order valence-electron chi connectivity index (χ1n) is 4.16. The zero-order valence-electron chi connectivity index (χ0n) is 7.70. The molecule has 12 heavy (non-hydrogen) atoms. The Morgan fingerprint density at radius 1 is 1.42 bits per heavy atom. The molecule has 0 fully saturated rings. The van der Waals surface area contributed by atoms with Gasteiger partial charge in [-0.25, -0.2) is 0 Å². The second-order valence-corrected chi connectivity index (χ2v) is 3.23. The molecule has 1 heterocycles. The molecule has 1 aromatic rings. The molecular weight excluding hydrogens is 152 g/mol. The molecule has 0 aromatic carbocycles. The lowest BCUT2D eigenvalue weighted by molar-refractivity contribution is -0.111. The van der Waals surface area contributed by atoms with Crippen LogP contribution >= 0.6 is 0 Å². The van der Waals surface area contributed by atoms with Crippen LogP contribution in [0.4, 0.5) is 0 Å². The molecule has 0 N–H and O–H groups in total. The van der Waals surface area contributed by atoms with Crippen molar-refractivity contribution in [2.24, 2.45) is 5.92 Å². The van der Waals surface area contributed by atoms with Gasteiger partial charge in [0.2, 0.25) is 0 Å². The molecule has 0 saturated carbocycles. The van der Waals surface area contributed by atoms with Crippen LogP contribution in [0.3, 0.4) is 0 Å². The van der Waals surface area contributed by atoms with Crippen molar-refractivity contribution < 1.29 is 9.21 Å². The fourth-order valence-corrected chi connectivity index (χ4v) is 1.08. The van der Waals surface area contributed by atoms with Crippen molar-refractivity contribution >= 4 is 6.29 Å². The number of aldehydes is 1. The summed E-state index contributed by atoms with van der Waals surface area (Å²) in [7, 11) is 0. The van der Waals surface area contributed by atoms with E-state index in [1.165, 1.54) is 0 Å². The third-order valence-electron chi connectivity index (χ3n) is 2.21. The molecule has 0 spiro atoms. The minimum atomic E-state index is 0.0237. The molecule has 2 unspecified atom stereocenters. The highest BCUT2D eigenvalue weighted by atomic mass is 16.3. The predicted octanol–water partition coefficient (Wildman–Crippen LogP) is 2.53. The van der Waals surface area contributed by atoms with E-state index in [0.29, 0.717) is 0 Å². The van der Waals surface area contributed by atoms with Crippen LogP contribution in [0.2, 0.25) is 0 Å². The van der Waals surface area contributed by atoms with Crippen molar-refractivity contribution in [2.75, 3.05) is 0 Å². The van der Waals surface area contributed by atoms with E-state index < -0.39 is 0 Å². The van der Waals surface area contributed by atoms with Gasteiger partial charge in [0.25, 0.3) is 0 Å². The summed E-state index contributed by atoms with van der Waals surface area (Å²) in [4.78, 5) is 10.5. The Kier molecular flexibility index (Phi) is 2.69. The Bertz CT molecular complexity index is 263. The van der Waals surface area contributed by atoms with Gasteiger partial charge in [0.15, 0.2) is 0 Å². The average molecular weight is 166 g/mol. The van der Waals surface area contributed by atoms with E-state index in [1.807, 2.05) is 32.9 Å². The first-order chi connectivity index (χ1) is 5.65. The van der Waals surface area contributed by atoms with E-state index in [0.717, 1.165) is 17.8 Å². The van der Waals surface area contributed by atoms with Gasteiger partial charge in [0, 0.05) is 11.8 Å². The number of aryl methyl sites for hydroxylation is 1. The van der Waals surface area contributed by atoms with Crippen LogP contribution in [0, 0.1) is 12.8 Å². The lowest BCUT2D eigenvalue weighted by atomic mass is 9.95. The van der Waals surface area contributed by atoms with Gasteiger partial charge in [-0.15, -0.1) is 0 Å². The van der Waals surface area contributed by atoms with E-state index in [9.17, 15) is 4.79 Å². The maximum Gasteiger partial charge on any atom is 0.123 e. The summed E-state index contributed by atoms with van der Waals surface area (Å²) in [6.45, 7) is 5.80. The Morgan fingerprint density at radius 3 is 2.50 bits per heavy atom. The van der Waals surface area contributed by atoms with Gasteiger partial charge in [-0.2, -0.15) is 0 Å². The summed E-state index contributed by atoms with van der Waals surface area (Å²) < 4.78 is 5.41. The van der Waals surface area contributed by atoms with Gasteiger partial charge in [-0.05, 0) is 19.1 Å². The molecule has 0 bridgehead atoms. The molecule has 0 saturated heterocycles. The van der Waals surface area contributed by atoms with Crippen molar-refractivity contribution in [3.63, 3.8) is 0 Å². The van der Waals surface area contributed by atoms with Gasteiger partial charge in [-0.1, -0.05) is 13.8 Å². The highest BCUT2D eigenvalue weighted by molar-refractivity contribution is 5.54. The van der Waals surface area contributed by atoms with E-state index in [2.05, 4.69) is 0 Å². The number of hydrogen-bond donors (Lipinski definition) is 0. The van der Waals surface area contributed by atoms with Crippen molar-refractivity contribution in [2.45, 2.75) is 26.7 Å². The van der Waals surface area contributed by atoms with Gasteiger partial charge in [-0.3, -0.25) is 0 Å². The highest BCUT2D eigenvalue weighted by Crippen LogP contribution is 2.24. The first-order valence-corrected chi connectivity index (χ1v) is 4.16. The summed E-state index contributed by atoms with van der Waals surface area (Å²) in [5.74, 6) is 1.99. The number of rotatable bonds is 3. The predicted molar refractivity (Wildman–Crippen MR) is 47.1 cm³/mol. The molecule has 1 rings (SSSR count). The molecule has 0 aliphatic carbocycles. The van der Waals surface area contributed by atoms with Gasteiger partial charge in [0.05, 0.1) is 0 Å². The molecule has 2 heteroatoms. The fourth-order valence-electron chi connectivity index (χ4n) is 1.08. The number of hydrogen-bond acceptors (Lipinski definition) is 2. The summed E-state index contributed by atoms with van der Waals surface area (Å²) in [6.07, 6.45) is 0.961. The summed E-state index contributed by atoms with van der Waals surface area (Å²) >= 11 is 0. The number of carbonyl (C=O) groups is 1. The van der Waals surface area contributed by atoms with E-state index in [-0.39, 0.29) is 11.8 Å². The quantitative estimate of drug-likeness (QED) is 0.646. The summed E-state index contributed by atoms with van der Waals surface area (Å²) in [5, 5.41) is 0. The summed E-state index contributed by atoms with van der Waals surface area (Å²) in [6, 6.07) is 3.85. The first kappa shape index (κ1) is 9.04. The normalized spacial score (nSPS) is 15.6. The minimum Gasteiger partial charge on any atom is -0.466 e. The molecule has 0 radical (unpaired) electrons. The topological polar surface area (TPSA) is 30.2 Å². The van der Waals surface area contributed by atoms with E-state index >= 15 is 0 Å². The fraction of sp³-hybridized carbons (Fsp3) is 0.500. The van der Waals surface area contributed by atoms with Crippen LogP contribution in [0.1, 0.15) is 31.3 Å². The van der Waals surface area contributed by atoms with Crippen LogP contribution in [-0.2, 0) is 4.79 Å². The standard InChI is InChI=1S/C10H14O2/c1-7(6-11)9(3)10-5-4-8(2)12-10/h4-7,9H,1-3H3. The molecule has 2 atom stereocenters. The molecular formula is C10H14O2. The Balaban J connectivity index is 2.77. The molecule has 0 aliphatic heterocycles. The Morgan fingerprint density at radius 2 is 2.08 bits per heavy atom. The van der Waals surface area contributed by atoms with Gasteiger partial charge >= 0.3 is 0 Å². The zero-order valence-corrected chi connectivity index (χ0v) is 7.70. The Hall–Kier alpha value is -1.05. The van der Waals surface area contributed by atoms with Crippen LogP contribution < -0.4 is 0 Å². The summed E-state index contributed by atoms with van der Waals surface area (Å²) in [5.41, 5.74) is 0. The highest BCUT2D eigenvalue weighted by Gasteiger charge is 2.16. The number of furan rings is 1. The third-order valence-corrected chi connectivity index (χ3v) is 2.21. The maximum atomic E-state index is 10.5. The largest absolute Gasteiger partial charge is 0.466 e. The molecule has 0 aliphatic rings. The van der Waals surface area contributed by atoms with Gasteiger partial charge in [0.1, 0.15) is 17.8 Å². The average Bonchev–Trinajstić information content (AvgIpc) is 2.49. The number of carbonyl (C=O) groups excluding carboxylic acids is 1. The van der Waals surface area contributed by atoms with Crippen molar-refractivity contribution in [3.05, 3.63) is 23.7 Å². The Labute approximate surface area is 72.6 Å². The second-order valence-electron chi connectivity index (χ2n) is 3.23. The van der Waals surface area contributed by atoms with E-state index in [4.69, 9.17) is 4.42 Å². The lowest BCUT2D eigenvalue weighted by Crippen LogP contribution is -2.06. The zero-order chi connectivity index (χ0) is 9.14. The van der Waals surface area contributed by atoms with E-state index in [1.54, 1.807) is 0 Å². The van der Waals surface area contributed by atoms with Crippen molar-refractivity contribution in [1.29, 1.82) is 0 Å².